The van der Waals surface area contributed by atoms with E-state index in [0.29, 0.717) is 23.1 Å². The Labute approximate surface area is 196 Å². The quantitative estimate of drug-likeness (QED) is 0.308. The van der Waals surface area contributed by atoms with Gasteiger partial charge in [0.15, 0.2) is 0 Å². The molecule has 0 spiro atoms. The average molecular weight is 458 g/mol. The topological polar surface area (TPSA) is 53.1 Å². The monoisotopic (exact) mass is 457 g/mol. The van der Waals surface area contributed by atoms with Gasteiger partial charge < -0.3 is 15.0 Å². The number of ether oxygens (including phenoxy) is 1. The summed E-state index contributed by atoms with van der Waals surface area (Å²) in [6.45, 7) is 0.792. The zero-order valence-electron chi connectivity index (χ0n) is 17.7. The first-order valence-electron chi connectivity index (χ1n) is 10.5. The van der Waals surface area contributed by atoms with Gasteiger partial charge in [-0.1, -0.05) is 48.0 Å². The van der Waals surface area contributed by atoms with Crippen molar-refractivity contribution >= 4 is 28.3 Å². The molecule has 33 heavy (non-hydrogen) atoms. The first-order valence-corrected chi connectivity index (χ1v) is 10.9. The van der Waals surface area contributed by atoms with Gasteiger partial charge in [0.25, 0.3) is 0 Å². The first kappa shape index (κ1) is 21.0. The number of benzene rings is 3. The van der Waals surface area contributed by atoms with Gasteiger partial charge in [0.05, 0.1) is 23.4 Å². The van der Waals surface area contributed by atoms with Gasteiger partial charge in [-0.2, -0.15) is 0 Å². The minimum absolute atomic E-state index is 0.276. The van der Waals surface area contributed by atoms with Crippen LogP contribution < -0.4 is 10.5 Å². The molecule has 2 aromatic heterocycles. The third-order valence-electron chi connectivity index (χ3n) is 5.47. The maximum Gasteiger partial charge on any atom is 0.123 e. The Morgan fingerprint density at radius 1 is 0.909 bits per heavy atom. The summed E-state index contributed by atoms with van der Waals surface area (Å²) in [6, 6.07) is 27.8. The lowest BCUT2D eigenvalue weighted by Gasteiger charge is -2.13. The van der Waals surface area contributed by atoms with Crippen LogP contribution in [0.1, 0.15) is 11.3 Å². The Morgan fingerprint density at radius 3 is 2.58 bits per heavy atom. The highest BCUT2D eigenvalue weighted by Gasteiger charge is 2.15. The fraction of sp³-hybridized carbons (Fsp3) is 0.0741. The van der Waals surface area contributed by atoms with Crippen LogP contribution in [0.3, 0.4) is 0 Å². The molecular weight excluding hydrogens is 437 g/mol. The van der Waals surface area contributed by atoms with E-state index in [1.807, 2.05) is 60.7 Å². The van der Waals surface area contributed by atoms with E-state index in [9.17, 15) is 4.39 Å². The summed E-state index contributed by atoms with van der Waals surface area (Å²) >= 11 is 6.54. The standard InChI is InChI=1S/C27H21ClFN3O/c28-24-9-2-1-8-23(24)26-14-19-11-12-22(33-17-18-5-3-6-20(29)13-18)15-25(19)32(26)16-21-7-4-10-27(30)31-21/h1-15H,16-17H2,(H2,30,31). The molecule has 0 radical (unpaired) electrons. The Bertz CT molecular complexity index is 1450. The minimum atomic E-state index is -0.278. The zero-order valence-corrected chi connectivity index (χ0v) is 18.5. The molecule has 0 saturated carbocycles. The van der Waals surface area contributed by atoms with Gasteiger partial charge in [0.1, 0.15) is 24.0 Å². The highest BCUT2D eigenvalue weighted by molar-refractivity contribution is 6.33. The van der Waals surface area contributed by atoms with E-state index in [2.05, 4.69) is 15.6 Å². The lowest BCUT2D eigenvalue weighted by molar-refractivity contribution is 0.306. The van der Waals surface area contributed by atoms with E-state index in [-0.39, 0.29) is 12.4 Å². The van der Waals surface area contributed by atoms with Crippen molar-refractivity contribution in [2.45, 2.75) is 13.2 Å². The summed E-state index contributed by atoms with van der Waals surface area (Å²) in [4.78, 5) is 4.48. The van der Waals surface area contributed by atoms with Crippen LogP contribution >= 0.6 is 11.6 Å². The normalized spacial score (nSPS) is 11.1. The van der Waals surface area contributed by atoms with Crippen molar-refractivity contribution < 1.29 is 9.13 Å². The van der Waals surface area contributed by atoms with Gasteiger partial charge in [-0.3, -0.25) is 0 Å². The third-order valence-corrected chi connectivity index (χ3v) is 5.80. The SMILES string of the molecule is Nc1cccc(Cn2c(-c3ccccc3Cl)cc3ccc(OCc4cccc(F)c4)cc32)n1. The third kappa shape index (κ3) is 4.54. The fourth-order valence-corrected chi connectivity index (χ4v) is 4.16. The van der Waals surface area contributed by atoms with Crippen LogP contribution in [0, 0.1) is 5.82 Å². The van der Waals surface area contributed by atoms with Crippen LogP contribution in [0.15, 0.2) is 91.0 Å². The molecule has 0 atom stereocenters. The maximum atomic E-state index is 13.5. The van der Waals surface area contributed by atoms with E-state index in [1.165, 1.54) is 12.1 Å². The summed E-state index contributed by atoms with van der Waals surface area (Å²) in [5, 5.41) is 1.72. The summed E-state index contributed by atoms with van der Waals surface area (Å²) in [7, 11) is 0. The predicted octanol–water partition coefficient (Wildman–Crippen LogP) is 6.71. The number of anilines is 1. The van der Waals surface area contributed by atoms with Crippen LogP contribution in [-0.2, 0) is 13.2 Å². The molecule has 3 aromatic carbocycles. The number of hydrogen-bond donors (Lipinski definition) is 1. The molecule has 0 saturated heterocycles. The van der Waals surface area contributed by atoms with E-state index in [0.717, 1.165) is 33.4 Å². The van der Waals surface area contributed by atoms with Crippen LogP contribution in [-0.4, -0.2) is 9.55 Å². The smallest absolute Gasteiger partial charge is 0.123 e. The number of fused-ring (bicyclic) bond motifs is 1. The number of halogens is 2. The first-order chi connectivity index (χ1) is 16.1. The van der Waals surface area contributed by atoms with Gasteiger partial charge in [0.2, 0.25) is 0 Å². The number of nitrogen functional groups attached to an aromatic ring is 1. The fourth-order valence-electron chi connectivity index (χ4n) is 3.93. The number of nitrogens with two attached hydrogens (primary N) is 1. The molecule has 0 bridgehead atoms. The van der Waals surface area contributed by atoms with Crippen molar-refractivity contribution in [2.24, 2.45) is 0 Å². The van der Waals surface area contributed by atoms with Crippen LogP contribution in [0.25, 0.3) is 22.2 Å². The van der Waals surface area contributed by atoms with Crippen LogP contribution in [0.4, 0.5) is 10.2 Å². The Balaban J connectivity index is 1.57. The predicted molar refractivity (Wildman–Crippen MR) is 131 cm³/mol. The zero-order chi connectivity index (χ0) is 22.8. The molecular formula is C27H21ClFN3O. The van der Waals surface area contributed by atoms with Crippen molar-refractivity contribution in [1.29, 1.82) is 0 Å². The molecule has 0 aliphatic heterocycles. The van der Waals surface area contributed by atoms with E-state index in [4.69, 9.17) is 22.1 Å². The minimum Gasteiger partial charge on any atom is -0.489 e. The van der Waals surface area contributed by atoms with Gasteiger partial charge in [-0.25, -0.2) is 9.37 Å². The summed E-state index contributed by atoms with van der Waals surface area (Å²) < 4.78 is 21.6. The Hall–Kier alpha value is -3.83. The van der Waals surface area contributed by atoms with Crippen molar-refractivity contribution in [1.82, 2.24) is 9.55 Å². The number of pyridine rings is 1. The molecule has 6 heteroatoms. The second kappa shape index (κ2) is 8.96. The van der Waals surface area contributed by atoms with Crippen LogP contribution in [0.5, 0.6) is 5.75 Å². The van der Waals surface area contributed by atoms with Gasteiger partial charge in [-0.15, -0.1) is 0 Å². The molecule has 2 N–H and O–H groups in total. The molecule has 5 rings (SSSR count). The Kier molecular flexibility index (Phi) is 5.71. The van der Waals surface area contributed by atoms with Crippen molar-refractivity contribution in [2.75, 3.05) is 5.73 Å². The second-order valence-corrected chi connectivity index (χ2v) is 8.20. The second-order valence-electron chi connectivity index (χ2n) is 7.79. The average Bonchev–Trinajstić information content (AvgIpc) is 3.15. The highest BCUT2D eigenvalue weighted by Crippen LogP contribution is 2.35. The largest absolute Gasteiger partial charge is 0.489 e. The Morgan fingerprint density at radius 2 is 1.76 bits per heavy atom. The summed E-state index contributed by atoms with van der Waals surface area (Å²) in [5.74, 6) is 0.888. The number of nitrogens with zero attached hydrogens (tertiary/aromatic N) is 2. The van der Waals surface area contributed by atoms with E-state index >= 15 is 0 Å². The molecule has 2 heterocycles. The highest BCUT2D eigenvalue weighted by atomic mass is 35.5. The number of rotatable bonds is 6. The lowest BCUT2D eigenvalue weighted by Crippen LogP contribution is -2.05. The molecule has 0 aliphatic carbocycles. The summed E-state index contributed by atoms with van der Waals surface area (Å²) in [6.07, 6.45) is 0. The molecule has 4 nitrogen and oxygen atoms in total. The van der Waals surface area contributed by atoms with Crippen molar-refractivity contribution in [3.63, 3.8) is 0 Å². The van der Waals surface area contributed by atoms with E-state index in [1.54, 1.807) is 12.1 Å². The molecule has 164 valence electrons. The van der Waals surface area contributed by atoms with Gasteiger partial charge in [0, 0.05) is 22.0 Å². The maximum absolute atomic E-state index is 13.5. The molecule has 5 aromatic rings. The van der Waals surface area contributed by atoms with Crippen LogP contribution in [0.2, 0.25) is 5.02 Å². The van der Waals surface area contributed by atoms with Gasteiger partial charge >= 0.3 is 0 Å². The molecule has 0 fully saturated rings. The van der Waals surface area contributed by atoms with Crippen molar-refractivity contribution in [3.05, 3.63) is 113 Å². The number of hydrogen-bond acceptors (Lipinski definition) is 3. The number of aromatic nitrogens is 2. The lowest BCUT2D eigenvalue weighted by atomic mass is 10.1. The molecule has 0 aliphatic rings. The summed E-state index contributed by atoms with van der Waals surface area (Å²) in [5.41, 5.74) is 10.4. The molecule has 0 amide bonds. The van der Waals surface area contributed by atoms with Gasteiger partial charge in [-0.05, 0) is 54.1 Å². The molecule has 0 unspecified atom stereocenters. The van der Waals surface area contributed by atoms with E-state index < -0.39 is 0 Å². The van der Waals surface area contributed by atoms with Crippen molar-refractivity contribution in [3.8, 4) is 17.0 Å².